The summed E-state index contributed by atoms with van der Waals surface area (Å²) in [6.45, 7) is 5.51. The summed E-state index contributed by atoms with van der Waals surface area (Å²) in [6.07, 6.45) is -0.544. The van der Waals surface area contributed by atoms with Crippen LogP contribution >= 0.6 is 0 Å². The highest BCUT2D eigenvalue weighted by Crippen LogP contribution is 2.34. The van der Waals surface area contributed by atoms with Gasteiger partial charge in [0.15, 0.2) is 0 Å². The molecule has 0 saturated carbocycles. The first-order chi connectivity index (χ1) is 10.2. The number of carboxylic acid groups (broad SMARTS) is 1. The number of hydrogen-bond acceptors (Lipinski definition) is 3. The predicted molar refractivity (Wildman–Crippen MR) is 78.1 cm³/mol. The Morgan fingerprint density at radius 1 is 1.32 bits per heavy atom. The Balaban J connectivity index is 2.20. The zero-order chi connectivity index (χ0) is 16.5. The highest BCUT2D eigenvalue weighted by molar-refractivity contribution is 5.75. The van der Waals surface area contributed by atoms with E-state index in [0.29, 0.717) is 5.56 Å². The number of rotatable bonds is 2. The van der Waals surface area contributed by atoms with Gasteiger partial charge in [0, 0.05) is 19.0 Å². The quantitative estimate of drug-likeness (QED) is 0.912. The maximum atomic E-state index is 13.4. The topological polar surface area (TPSA) is 66.8 Å². The van der Waals surface area contributed by atoms with Gasteiger partial charge in [-0.05, 0) is 38.5 Å². The van der Waals surface area contributed by atoms with E-state index in [0.717, 1.165) is 0 Å². The first-order valence-corrected chi connectivity index (χ1v) is 7.13. The number of amides is 1. The van der Waals surface area contributed by atoms with Crippen molar-refractivity contribution in [3.8, 4) is 0 Å². The molecule has 1 fully saturated rings. The number of ether oxygens (including phenoxy) is 1. The van der Waals surface area contributed by atoms with E-state index in [9.17, 15) is 19.1 Å². The van der Waals surface area contributed by atoms with E-state index in [1.807, 2.05) is 0 Å². The van der Waals surface area contributed by atoms with Gasteiger partial charge in [0.1, 0.15) is 11.4 Å². The first-order valence-electron chi connectivity index (χ1n) is 7.13. The van der Waals surface area contributed by atoms with Gasteiger partial charge in [0.05, 0.1) is 5.92 Å². The van der Waals surface area contributed by atoms with Crippen LogP contribution in [-0.2, 0) is 9.53 Å². The Morgan fingerprint density at radius 2 is 2.00 bits per heavy atom. The fraction of sp³-hybridized carbons (Fsp3) is 0.500. The summed E-state index contributed by atoms with van der Waals surface area (Å²) in [7, 11) is 0. The highest BCUT2D eigenvalue weighted by atomic mass is 19.1. The van der Waals surface area contributed by atoms with Gasteiger partial charge in [0.2, 0.25) is 0 Å². The van der Waals surface area contributed by atoms with Crippen LogP contribution in [0.2, 0.25) is 0 Å². The van der Waals surface area contributed by atoms with Crippen molar-refractivity contribution in [3.05, 3.63) is 35.6 Å². The molecule has 1 N–H and O–H groups in total. The average molecular weight is 309 g/mol. The number of benzene rings is 1. The highest BCUT2D eigenvalue weighted by Gasteiger charge is 2.41. The van der Waals surface area contributed by atoms with Crippen molar-refractivity contribution < 1.29 is 23.8 Å². The fourth-order valence-electron chi connectivity index (χ4n) is 2.60. The van der Waals surface area contributed by atoms with Crippen molar-refractivity contribution in [3.63, 3.8) is 0 Å². The van der Waals surface area contributed by atoms with Crippen LogP contribution in [0, 0.1) is 11.7 Å². The molecule has 1 aliphatic heterocycles. The van der Waals surface area contributed by atoms with Crippen molar-refractivity contribution in [2.45, 2.75) is 32.3 Å². The number of carbonyl (C=O) groups excluding carboxylic acids is 1. The standard InChI is InChI=1S/C16H20FNO4/c1-16(2,3)22-15(21)18-8-12(13(9-18)14(19)20)10-5-4-6-11(17)7-10/h4-7,12-13H,8-9H2,1-3H3,(H,19,20). The third-order valence-electron chi connectivity index (χ3n) is 3.57. The molecule has 2 atom stereocenters. The molecule has 1 saturated heterocycles. The zero-order valence-corrected chi connectivity index (χ0v) is 12.9. The lowest BCUT2D eigenvalue weighted by Gasteiger charge is -2.24. The Hall–Kier alpha value is -2.11. The molecule has 2 rings (SSSR count). The van der Waals surface area contributed by atoms with Crippen molar-refractivity contribution in [2.75, 3.05) is 13.1 Å². The zero-order valence-electron chi connectivity index (χ0n) is 12.9. The van der Waals surface area contributed by atoms with E-state index >= 15 is 0 Å². The van der Waals surface area contributed by atoms with Crippen LogP contribution < -0.4 is 0 Å². The molecular formula is C16H20FNO4. The molecule has 1 aliphatic rings. The monoisotopic (exact) mass is 309 g/mol. The van der Waals surface area contributed by atoms with Gasteiger partial charge in [0.25, 0.3) is 0 Å². The van der Waals surface area contributed by atoms with Crippen molar-refractivity contribution in [1.82, 2.24) is 4.90 Å². The Kier molecular flexibility index (Phi) is 4.39. The minimum absolute atomic E-state index is 0.0609. The number of halogens is 1. The second kappa shape index (κ2) is 5.94. The van der Waals surface area contributed by atoms with Gasteiger partial charge in [-0.25, -0.2) is 9.18 Å². The van der Waals surface area contributed by atoms with E-state index < -0.39 is 35.3 Å². The fourth-order valence-corrected chi connectivity index (χ4v) is 2.60. The summed E-state index contributed by atoms with van der Waals surface area (Å²) in [5.74, 6) is -2.63. The summed E-state index contributed by atoms with van der Waals surface area (Å²) in [4.78, 5) is 24.9. The molecular weight excluding hydrogens is 289 g/mol. The molecule has 0 radical (unpaired) electrons. The molecule has 1 amide bonds. The van der Waals surface area contributed by atoms with Crippen molar-refractivity contribution in [1.29, 1.82) is 0 Å². The van der Waals surface area contributed by atoms with Gasteiger partial charge in [-0.15, -0.1) is 0 Å². The third kappa shape index (κ3) is 3.75. The third-order valence-corrected chi connectivity index (χ3v) is 3.57. The average Bonchev–Trinajstić information content (AvgIpc) is 2.82. The van der Waals surface area contributed by atoms with Gasteiger partial charge in [-0.3, -0.25) is 4.79 Å². The minimum atomic E-state index is -1.000. The molecule has 1 heterocycles. The van der Waals surface area contributed by atoms with Crippen LogP contribution in [0.1, 0.15) is 32.3 Å². The van der Waals surface area contributed by atoms with Crippen molar-refractivity contribution >= 4 is 12.1 Å². The number of carboxylic acids is 1. The second-order valence-electron chi connectivity index (χ2n) is 6.49. The minimum Gasteiger partial charge on any atom is -0.481 e. The lowest BCUT2D eigenvalue weighted by atomic mass is 9.89. The van der Waals surface area contributed by atoms with Gasteiger partial charge < -0.3 is 14.7 Å². The van der Waals surface area contributed by atoms with E-state index in [-0.39, 0.29) is 13.1 Å². The maximum Gasteiger partial charge on any atom is 0.410 e. The molecule has 1 aromatic rings. The van der Waals surface area contributed by atoms with Gasteiger partial charge >= 0.3 is 12.1 Å². The molecule has 0 spiro atoms. The smallest absolute Gasteiger partial charge is 0.410 e. The van der Waals surface area contributed by atoms with E-state index in [4.69, 9.17) is 4.74 Å². The molecule has 22 heavy (non-hydrogen) atoms. The summed E-state index contributed by atoms with van der Waals surface area (Å²) >= 11 is 0. The summed E-state index contributed by atoms with van der Waals surface area (Å²) in [6, 6.07) is 5.85. The lowest BCUT2D eigenvalue weighted by Crippen LogP contribution is -2.35. The second-order valence-corrected chi connectivity index (χ2v) is 6.49. The summed E-state index contributed by atoms with van der Waals surface area (Å²) < 4.78 is 18.7. The van der Waals surface area contributed by atoms with Crippen LogP contribution in [0.4, 0.5) is 9.18 Å². The number of nitrogens with zero attached hydrogens (tertiary/aromatic N) is 1. The van der Waals surface area contributed by atoms with Crippen LogP contribution in [0.5, 0.6) is 0 Å². The van der Waals surface area contributed by atoms with Crippen LogP contribution in [-0.4, -0.2) is 40.8 Å². The molecule has 120 valence electrons. The number of carbonyl (C=O) groups is 2. The number of likely N-dealkylation sites (tertiary alicyclic amines) is 1. The summed E-state index contributed by atoms with van der Waals surface area (Å²) in [5, 5.41) is 9.37. The normalized spacial score (nSPS) is 21.7. The Bertz CT molecular complexity index is 582. The van der Waals surface area contributed by atoms with E-state index in [1.54, 1.807) is 32.9 Å². The maximum absolute atomic E-state index is 13.4. The Morgan fingerprint density at radius 3 is 2.55 bits per heavy atom. The molecule has 0 aromatic heterocycles. The molecule has 0 bridgehead atoms. The van der Waals surface area contributed by atoms with E-state index in [2.05, 4.69) is 0 Å². The van der Waals surface area contributed by atoms with Gasteiger partial charge in [-0.1, -0.05) is 12.1 Å². The van der Waals surface area contributed by atoms with Crippen molar-refractivity contribution in [2.24, 2.45) is 5.92 Å². The number of aliphatic carboxylic acids is 1. The van der Waals surface area contributed by atoms with Gasteiger partial charge in [-0.2, -0.15) is 0 Å². The first kappa shape index (κ1) is 16.3. The lowest BCUT2D eigenvalue weighted by molar-refractivity contribution is -0.141. The molecule has 6 heteroatoms. The molecule has 1 aromatic carbocycles. The summed E-state index contributed by atoms with van der Waals surface area (Å²) in [5.41, 5.74) is -0.0642. The van der Waals surface area contributed by atoms with Crippen LogP contribution in [0.15, 0.2) is 24.3 Å². The van der Waals surface area contributed by atoms with Crippen LogP contribution in [0.3, 0.4) is 0 Å². The molecule has 5 nitrogen and oxygen atoms in total. The molecule has 2 unspecified atom stereocenters. The largest absolute Gasteiger partial charge is 0.481 e. The molecule has 0 aliphatic carbocycles. The Labute approximate surface area is 128 Å². The number of hydrogen-bond donors (Lipinski definition) is 1. The SMILES string of the molecule is CC(C)(C)OC(=O)N1CC(C(=O)O)C(c2cccc(F)c2)C1. The predicted octanol–water partition coefficient (Wildman–Crippen LogP) is 2.86. The van der Waals surface area contributed by atoms with E-state index in [1.165, 1.54) is 17.0 Å². The van der Waals surface area contributed by atoms with Crippen LogP contribution in [0.25, 0.3) is 0 Å².